The van der Waals surface area contributed by atoms with Gasteiger partial charge >= 0.3 is 0 Å². The zero-order valence-corrected chi connectivity index (χ0v) is 14.1. The van der Waals surface area contributed by atoms with E-state index in [9.17, 15) is 17.6 Å². The summed E-state index contributed by atoms with van der Waals surface area (Å²) in [4.78, 5) is 13.6. The summed E-state index contributed by atoms with van der Waals surface area (Å²) >= 11 is 0. The zero-order valence-electron chi connectivity index (χ0n) is 13.3. The molecule has 2 rings (SSSR count). The van der Waals surface area contributed by atoms with E-state index in [-0.39, 0.29) is 23.8 Å². The van der Waals surface area contributed by atoms with Crippen molar-refractivity contribution >= 4 is 15.9 Å². The highest BCUT2D eigenvalue weighted by Crippen LogP contribution is 2.09. The molecule has 0 radical (unpaired) electrons. The lowest BCUT2D eigenvalue weighted by molar-refractivity contribution is -0.130. The Morgan fingerprint density at radius 2 is 1.71 bits per heavy atom. The molecular formula is C17H19FN2O3S. The summed E-state index contributed by atoms with van der Waals surface area (Å²) in [6.45, 7) is 0.446. The van der Waals surface area contributed by atoms with Crippen molar-refractivity contribution in [3.05, 3.63) is 66.0 Å². The lowest BCUT2D eigenvalue weighted by atomic mass is 10.2. The summed E-state index contributed by atoms with van der Waals surface area (Å²) in [6, 6.07) is 14.0. The fraction of sp³-hybridized carbons (Fsp3) is 0.235. The number of hydrogen-bond donors (Lipinski definition) is 1. The van der Waals surface area contributed by atoms with Crippen LogP contribution in [0.25, 0.3) is 0 Å². The Hall–Kier alpha value is -2.25. The molecule has 0 spiro atoms. The number of halogens is 1. The molecule has 0 aliphatic rings. The van der Waals surface area contributed by atoms with Gasteiger partial charge in [0.2, 0.25) is 15.9 Å². The Labute approximate surface area is 141 Å². The molecule has 0 aliphatic carbocycles. The van der Waals surface area contributed by atoms with Crippen LogP contribution in [0.3, 0.4) is 0 Å². The van der Waals surface area contributed by atoms with Crippen LogP contribution in [0.2, 0.25) is 0 Å². The summed E-state index contributed by atoms with van der Waals surface area (Å²) in [5, 5.41) is 0. The standard InChI is InChI=1S/C17H19FN2O3S/c1-20(13-14-5-3-2-4-6-14)17(21)11-12-19-24(22,23)16-9-7-15(18)8-10-16/h2-10,19H,11-13H2,1H3. The van der Waals surface area contributed by atoms with Crippen molar-refractivity contribution in [2.24, 2.45) is 0 Å². The van der Waals surface area contributed by atoms with Gasteiger partial charge in [-0.3, -0.25) is 4.79 Å². The average Bonchev–Trinajstić information content (AvgIpc) is 2.56. The van der Waals surface area contributed by atoms with E-state index in [1.54, 1.807) is 11.9 Å². The molecule has 0 aliphatic heterocycles. The molecule has 0 saturated carbocycles. The van der Waals surface area contributed by atoms with Crippen LogP contribution >= 0.6 is 0 Å². The molecule has 0 heterocycles. The second kappa shape index (κ2) is 8.03. The maximum Gasteiger partial charge on any atom is 0.240 e. The van der Waals surface area contributed by atoms with Gasteiger partial charge < -0.3 is 4.90 Å². The number of carbonyl (C=O) groups is 1. The highest BCUT2D eigenvalue weighted by molar-refractivity contribution is 7.89. The Bertz CT molecular complexity index is 777. The summed E-state index contributed by atoms with van der Waals surface area (Å²) in [7, 11) is -2.07. The van der Waals surface area contributed by atoms with Gasteiger partial charge in [0.15, 0.2) is 0 Å². The number of benzene rings is 2. The maximum absolute atomic E-state index is 12.8. The summed E-state index contributed by atoms with van der Waals surface area (Å²) in [6.07, 6.45) is 0.0454. The third-order valence-electron chi connectivity index (χ3n) is 3.44. The SMILES string of the molecule is CN(Cc1ccccc1)C(=O)CCNS(=O)(=O)c1ccc(F)cc1. The van der Waals surface area contributed by atoms with Crippen molar-refractivity contribution in [1.29, 1.82) is 0 Å². The molecule has 0 atom stereocenters. The van der Waals surface area contributed by atoms with E-state index in [2.05, 4.69) is 4.72 Å². The van der Waals surface area contributed by atoms with Crippen LogP contribution < -0.4 is 4.72 Å². The van der Waals surface area contributed by atoms with Crippen molar-refractivity contribution in [3.63, 3.8) is 0 Å². The molecule has 2 aromatic rings. The van der Waals surface area contributed by atoms with E-state index in [1.165, 1.54) is 12.1 Å². The molecule has 0 fully saturated rings. The molecule has 1 amide bonds. The van der Waals surface area contributed by atoms with E-state index in [0.29, 0.717) is 6.54 Å². The Morgan fingerprint density at radius 3 is 2.33 bits per heavy atom. The molecule has 0 bridgehead atoms. The summed E-state index contributed by atoms with van der Waals surface area (Å²) < 4.78 is 39.2. The minimum Gasteiger partial charge on any atom is -0.341 e. The number of rotatable bonds is 7. The van der Waals surface area contributed by atoms with Crippen molar-refractivity contribution < 1.29 is 17.6 Å². The van der Waals surface area contributed by atoms with Gasteiger partial charge in [-0.25, -0.2) is 17.5 Å². The molecule has 0 saturated heterocycles. The first-order valence-electron chi connectivity index (χ1n) is 7.41. The molecule has 128 valence electrons. The van der Waals surface area contributed by atoms with Gasteiger partial charge in [-0.1, -0.05) is 30.3 Å². The minimum absolute atomic E-state index is 0.0162. The predicted molar refractivity (Wildman–Crippen MR) is 89.1 cm³/mol. The minimum atomic E-state index is -3.74. The number of nitrogens with one attached hydrogen (secondary N) is 1. The largest absolute Gasteiger partial charge is 0.341 e. The third-order valence-corrected chi connectivity index (χ3v) is 4.92. The average molecular weight is 350 g/mol. The van der Waals surface area contributed by atoms with E-state index in [1.807, 2.05) is 30.3 Å². The number of nitrogens with zero attached hydrogens (tertiary/aromatic N) is 1. The van der Waals surface area contributed by atoms with Crippen molar-refractivity contribution in [1.82, 2.24) is 9.62 Å². The predicted octanol–water partition coefficient (Wildman–Crippen LogP) is 2.15. The van der Waals surface area contributed by atoms with Crippen LogP contribution in [0.1, 0.15) is 12.0 Å². The molecule has 2 aromatic carbocycles. The van der Waals surface area contributed by atoms with Gasteiger partial charge in [-0.15, -0.1) is 0 Å². The molecule has 24 heavy (non-hydrogen) atoms. The molecule has 5 nitrogen and oxygen atoms in total. The lowest BCUT2D eigenvalue weighted by Crippen LogP contribution is -2.31. The van der Waals surface area contributed by atoms with E-state index < -0.39 is 15.8 Å². The molecule has 0 aromatic heterocycles. The van der Waals surface area contributed by atoms with Crippen LogP contribution in [0.4, 0.5) is 4.39 Å². The number of amides is 1. The highest BCUT2D eigenvalue weighted by atomic mass is 32.2. The highest BCUT2D eigenvalue weighted by Gasteiger charge is 2.15. The van der Waals surface area contributed by atoms with Crippen LogP contribution in [-0.4, -0.2) is 32.8 Å². The quantitative estimate of drug-likeness (QED) is 0.832. The summed E-state index contributed by atoms with van der Waals surface area (Å²) in [5.74, 6) is -0.674. The molecule has 7 heteroatoms. The van der Waals surface area contributed by atoms with E-state index in [0.717, 1.165) is 17.7 Å². The number of sulfonamides is 1. The number of carbonyl (C=O) groups excluding carboxylic acids is 1. The first-order valence-corrected chi connectivity index (χ1v) is 8.90. The van der Waals surface area contributed by atoms with Crippen LogP contribution in [0.15, 0.2) is 59.5 Å². The molecule has 0 unspecified atom stereocenters. The van der Waals surface area contributed by atoms with Crippen LogP contribution in [0, 0.1) is 5.82 Å². The smallest absolute Gasteiger partial charge is 0.240 e. The normalized spacial score (nSPS) is 11.2. The van der Waals surface area contributed by atoms with E-state index >= 15 is 0 Å². The van der Waals surface area contributed by atoms with Gasteiger partial charge in [0.1, 0.15) is 5.82 Å². The second-order valence-corrected chi connectivity index (χ2v) is 7.10. The Kier molecular flexibility index (Phi) is 6.05. The van der Waals surface area contributed by atoms with Crippen molar-refractivity contribution in [2.75, 3.05) is 13.6 Å². The van der Waals surface area contributed by atoms with Crippen LogP contribution in [-0.2, 0) is 21.4 Å². The van der Waals surface area contributed by atoms with Gasteiger partial charge in [0, 0.05) is 26.6 Å². The van der Waals surface area contributed by atoms with Gasteiger partial charge in [0.05, 0.1) is 4.90 Å². The Balaban J connectivity index is 1.84. The lowest BCUT2D eigenvalue weighted by Gasteiger charge is -2.17. The molecule has 1 N–H and O–H groups in total. The second-order valence-electron chi connectivity index (χ2n) is 5.34. The van der Waals surface area contributed by atoms with Gasteiger partial charge in [0.25, 0.3) is 0 Å². The topological polar surface area (TPSA) is 66.5 Å². The third kappa shape index (κ3) is 5.14. The first kappa shape index (κ1) is 18.1. The maximum atomic E-state index is 12.8. The monoisotopic (exact) mass is 350 g/mol. The Morgan fingerprint density at radius 1 is 1.08 bits per heavy atom. The van der Waals surface area contributed by atoms with Crippen LogP contribution in [0.5, 0.6) is 0 Å². The summed E-state index contributed by atoms with van der Waals surface area (Å²) in [5.41, 5.74) is 1.00. The zero-order chi connectivity index (χ0) is 17.6. The molecular weight excluding hydrogens is 331 g/mol. The van der Waals surface area contributed by atoms with E-state index in [4.69, 9.17) is 0 Å². The fourth-order valence-electron chi connectivity index (χ4n) is 2.13. The number of hydrogen-bond acceptors (Lipinski definition) is 3. The van der Waals surface area contributed by atoms with Crippen molar-refractivity contribution in [2.45, 2.75) is 17.9 Å². The van der Waals surface area contributed by atoms with Crippen molar-refractivity contribution in [3.8, 4) is 0 Å². The first-order chi connectivity index (χ1) is 11.4. The van der Waals surface area contributed by atoms with Gasteiger partial charge in [-0.05, 0) is 29.8 Å². The fourth-order valence-corrected chi connectivity index (χ4v) is 3.16. The van der Waals surface area contributed by atoms with Gasteiger partial charge in [-0.2, -0.15) is 0 Å².